The highest BCUT2D eigenvalue weighted by Crippen LogP contribution is 2.33. The van der Waals surface area contributed by atoms with E-state index in [1.807, 2.05) is 31.7 Å². The van der Waals surface area contributed by atoms with Crippen molar-refractivity contribution in [3.8, 4) is 0 Å². The quantitative estimate of drug-likeness (QED) is 0.741. The van der Waals surface area contributed by atoms with Crippen LogP contribution in [0.3, 0.4) is 0 Å². The van der Waals surface area contributed by atoms with Gasteiger partial charge in [-0.2, -0.15) is 0 Å². The van der Waals surface area contributed by atoms with Crippen LogP contribution < -0.4 is 10.2 Å². The molecule has 4 nitrogen and oxygen atoms in total. The fraction of sp³-hybridized carbons (Fsp3) is 0.409. The van der Waals surface area contributed by atoms with Crippen molar-refractivity contribution < 1.29 is 18.3 Å². The van der Waals surface area contributed by atoms with Crippen LogP contribution in [0.25, 0.3) is 0 Å². The Balaban J connectivity index is 1.80. The lowest BCUT2D eigenvalue weighted by Gasteiger charge is -2.33. The number of ether oxygens (including phenoxy) is 1. The van der Waals surface area contributed by atoms with Crippen LogP contribution in [0.5, 0.6) is 0 Å². The molecule has 1 amide bonds. The second-order valence-corrected chi connectivity index (χ2v) is 7.09. The standard InChI is InChI=1S/C22H26F2N2O2/c1-4-28-10-8-21(27)25-22-14(2)11-16-13-26(9-7-18(16)15(22)3)20-6-5-17(23)12-19(20)24/h5-6,11-12H,4,7-10,13H2,1-3H3,(H,25,27). The highest BCUT2D eigenvalue weighted by atomic mass is 19.1. The third-order valence-corrected chi connectivity index (χ3v) is 5.19. The van der Waals surface area contributed by atoms with Gasteiger partial charge in [-0.1, -0.05) is 6.07 Å². The molecule has 0 spiro atoms. The number of aryl methyl sites for hydroxylation is 1. The summed E-state index contributed by atoms with van der Waals surface area (Å²) in [7, 11) is 0. The summed E-state index contributed by atoms with van der Waals surface area (Å²) in [6, 6.07) is 5.74. The summed E-state index contributed by atoms with van der Waals surface area (Å²) in [5.74, 6) is -1.18. The molecule has 2 aromatic rings. The summed E-state index contributed by atoms with van der Waals surface area (Å²) in [6.45, 7) is 8.06. The van der Waals surface area contributed by atoms with Gasteiger partial charge in [0.05, 0.1) is 18.7 Å². The monoisotopic (exact) mass is 388 g/mol. The molecule has 3 rings (SSSR count). The Hall–Kier alpha value is -2.47. The second kappa shape index (κ2) is 8.69. The predicted molar refractivity (Wildman–Crippen MR) is 107 cm³/mol. The minimum absolute atomic E-state index is 0.0644. The Morgan fingerprint density at radius 2 is 2.04 bits per heavy atom. The number of fused-ring (bicyclic) bond motifs is 1. The lowest BCUT2D eigenvalue weighted by molar-refractivity contribution is -0.117. The number of carbonyl (C=O) groups is 1. The molecule has 1 heterocycles. The predicted octanol–water partition coefficient (Wildman–Crippen LogP) is 4.51. The van der Waals surface area contributed by atoms with Crippen molar-refractivity contribution >= 4 is 17.3 Å². The number of hydrogen-bond donors (Lipinski definition) is 1. The van der Waals surface area contributed by atoms with Crippen LogP contribution in [0.2, 0.25) is 0 Å². The Morgan fingerprint density at radius 3 is 2.75 bits per heavy atom. The van der Waals surface area contributed by atoms with E-state index in [4.69, 9.17) is 4.74 Å². The first kappa shape index (κ1) is 20.3. The number of anilines is 2. The van der Waals surface area contributed by atoms with E-state index < -0.39 is 11.6 Å². The van der Waals surface area contributed by atoms with Crippen molar-refractivity contribution in [1.29, 1.82) is 0 Å². The molecule has 0 saturated heterocycles. The Labute approximate surface area is 164 Å². The van der Waals surface area contributed by atoms with Gasteiger partial charge in [-0.25, -0.2) is 8.78 Å². The molecule has 0 aliphatic carbocycles. The van der Waals surface area contributed by atoms with Gasteiger partial charge in [0.15, 0.2) is 0 Å². The minimum Gasteiger partial charge on any atom is -0.381 e. The van der Waals surface area contributed by atoms with Gasteiger partial charge in [0.2, 0.25) is 5.91 Å². The third-order valence-electron chi connectivity index (χ3n) is 5.19. The summed E-state index contributed by atoms with van der Waals surface area (Å²) in [6.07, 6.45) is 1.06. The van der Waals surface area contributed by atoms with Crippen LogP contribution in [0, 0.1) is 25.5 Å². The van der Waals surface area contributed by atoms with Crippen molar-refractivity contribution in [3.63, 3.8) is 0 Å². The molecule has 0 aromatic heterocycles. The fourth-order valence-electron chi connectivity index (χ4n) is 3.78. The first-order valence-corrected chi connectivity index (χ1v) is 9.60. The second-order valence-electron chi connectivity index (χ2n) is 7.09. The molecular weight excluding hydrogens is 362 g/mol. The molecule has 150 valence electrons. The first-order chi connectivity index (χ1) is 13.4. The molecule has 0 unspecified atom stereocenters. The van der Waals surface area contributed by atoms with Gasteiger partial charge in [0.25, 0.3) is 0 Å². The van der Waals surface area contributed by atoms with Crippen LogP contribution in [0.15, 0.2) is 24.3 Å². The van der Waals surface area contributed by atoms with Gasteiger partial charge >= 0.3 is 0 Å². The van der Waals surface area contributed by atoms with E-state index in [0.29, 0.717) is 38.4 Å². The van der Waals surface area contributed by atoms with Gasteiger partial charge in [-0.3, -0.25) is 4.79 Å². The smallest absolute Gasteiger partial charge is 0.226 e. The van der Waals surface area contributed by atoms with Crippen molar-refractivity contribution in [2.75, 3.05) is 30.0 Å². The number of carbonyl (C=O) groups excluding carboxylic acids is 1. The zero-order chi connectivity index (χ0) is 20.3. The normalized spacial score (nSPS) is 13.4. The number of benzene rings is 2. The number of halogens is 2. The van der Waals surface area contributed by atoms with Crippen molar-refractivity contribution in [1.82, 2.24) is 0 Å². The molecule has 1 N–H and O–H groups in total. The Bertz CT molecular complexity index is 883. The molecule has 6 heteroatoms. The topological polar surface area (TPSA) is 41.6 Å². The number of hydrogen-bond acceptors (Lipinski definition) is 3. The summed E-state index contributed by atoms with van der Waals surface area (Å²) in [5.41, 5.74) is 5.58. The zero-order valence-corrected chi connectivity index (χ0v) is 16.6. The number of rotatable bonds is 6. The Kier molecular flexibility index (Phi) is 6.29. The number of amides is 1. The van der Waals surface area contributed by atoms with E-state index in [-0.39, 0.29) is 5.91 Å². The minimum atomic E-state index is -0.574. The maximum atomic E-state index is 14.2. The molecule has 1 aliphatic heterocycles. The zero-order valence-electron chi connectivity index (χ0n) is 16.6. The molecule has 1 aliphatic rings. The van der Waals surface area contributed by atoms with Crippen LogP contribution >= 0.6 is 0 Å². The molecule has 2 aromatic carbocycles. The van der Waals surface area contributed by atoms with E-state index in [0.717, 1.165) is 34.9 Å². The highest BCUT2D eigenvalue weighted by molar-refractivity contribution is 5.92. The van der Waals surface area contributed by atoms with Crippen LogP contribution in [0.1, 0.15) is 35.6 Å². The average molecular weight is 388 g/mol. The van der Waals surface area contributed by atoms with E-state index in [2.05, 4.69) is 5.32 Å². The maximum absolute atomic E-state index is 14.2. The molecule has 28 heavy (non-hydrogen) atoms. The molecule has 0 atom stereocenters. The first-order valence-electron chi connectivity index (χ1n) is 9.60. The van der Waals surface area contributed by atoms with Crippen molar-refractivity contribution in [3.05, 3.63) is 58.2 Å². The van der Waals surface area contributed by atoms with Gasteiger partial charge in [0, 0.05) is 31.5 Å². The number of nitrogens with one attached hydrogen (secondary N) is 1. The van der Waals surface area contributed by atoms with Crippen molar-refractivity contribution in [2.45, 2.75) is 40.2 Å². The van der Waals surface area contributed by atoms with Crippen LogP contribution in [0.4, 0.5) is 20.2 Å². The highest BCUT2D eigenvalue weighted by Gasteiger charge is 2.23. The number of nitrogens with zero attached hydrogens (tertiary/aromatic N) is 1. The molecule has 0 fully saturated rings. The van der Waals surface area contributed by atoms with Gasteiger partial charge in [-0.05, 0) is 61.6 Å². The summed E-state index contributed by atoms with van der Waals surface area (Å²) in [4.78, 5) is 14.1. The maximum Gasteiger partial charge on any atom is 0.226 e. The van der Waals surface area contributed by atoms with Gasteiger partial charge in [-0.15, -0.1) is 0 Å². The fourth-order valence-corrected chi connectivity index (χ4v) is 3.78. The van der Waals surface area contributed by atoms with Gasteiger partial charge in [0.1, 0.15) is 11.6 Å². The lowest BCUT2D eigenvalue weighted by Crippen LogP contribution is -2.32. The third kappa shape index (κ3) is 4.33. The van der Waals surface area contributed by atoms with Gasteiger partial charge < -0.3 is 15.0 Å². The van der Waals surface area contributed by atoms with Crippen LogP contribution in [-0.2, 0) is 22.5 Å². The summed E-state index contributed by atoms with van der Waals surface area (Å²) in [5, 5.41) is 3.01. The van der Waals surface area contributed by atoms with E-state index in [1.165, 1.54) is 17.7 Å². The molecule has 0 bridgehead atoms. The average Bonchev–Trinajstić information content (AvgIpc) is 2.65. The van der Waals surface area contributed by atoms with E-state index in [1.54, 1.807) is 0 Å². The molecule has 0 saturated carbocycles. The lowest BCUT2D eigenvalue weighted by atomic mass is 9.91. The van der Waals surface area contributed by atoms with Crippen LogP contribution in [-0.4, -0.2) is 25.7 Å². The Morgan fingerprint density at radius 1 is 1.25 bits per heavy atom. The summed E-state index contributed by atoms with van der Waals surface area (Å²) < 4.78 is 32.6. The largest absolute Gasteiger partial charge is 0.381 e. The SMILES string of the molecule is CCOCCC(=O)Nc1c(C)cc2c(c1C)CCN(c1ccc(F)cc1F)C2. The summed E-state index contributed by atoms with van der Waals surface area (Å²) >= 11 is 0. The van der Waals surface area contributed by atoms with E-state index >= 15 is 0 Å². The van der Waals surface area contributed by atoms with E-state index in [9.17, 15) is 13.6 Å². The van der Waals surface area contributed by atoms with Crippen molar-refractivity contribution in [2.24, 2.45) is 0 Å². The molecule has 0 radical (unpaired) electrons. The molecular formula is C22H26F2N2O2.